The van der Waals surface area contributed by atoms with E-state index in [4.69, 9.17) is 11.3 Å². The van der Waals surface area contributed by atoms with Gasteiger partial charge < -0.3 is 4.84 Å². The van der Waals surface area contributed by atoms with Crippen LogP contribution in [0, 0.1) is 12.3 Å². The molecule has 0 N–H and O–H groups in total. The van der Waals surface area contributed by atoms with Crippen molar-refractivity contribution in [2.75, 3.05) is 0 Å². The van der Waals surface area contributed by atoms with Gasteiger partial charge in [0.1, 0.15) is 0 Å². The van der Waals surface area contributed by atoms with Crippen molar-refractivity contribution in [3.8, 4) is 12.3 Å². The van der Waals surface area contributed by atoms with Crippen molar-refractivity contribution < 1.29 is 19.2 Å². The molecule has 0 radical (unpaired) electrons. The molecule has 5 heteroatoms. The maximum Gasteiger partial charge on any atom is 0.340 e. The normalized spacial score (nSPS) is 15.3. The fraction of sp³-hybridized carbons (Fsp3) is 0.389. The van der Waals surface area contributed by atoms with Crippen LogP contribution in [0.2, 0.25) is 0 Å². The lowest BCUT2D eigenvalue weighted by atomic mass is 9.93. The zero-order valence-corrected chi connectivity index (χ0v) is 12.9. The molecule has 0 bridgehead atoms. The second kappa shape index (κ2) is 8.14. The van der Waals surface area contributed by atoms with Crippen molar-refractivity contribution >= 4 is 17.8 Å². The fourth-order valence-electron chi connectivity index (χ4n) is 2.49. The number of rotatable bonds is 7. The molecule has 0 spiro atoms. The second-order valence-corrected chi connectivity index (χ2v) is 5.41. The quantitative estimate of drug-likeness (QED) is 0.441. The molecule has 1 atom stereocenters. The van der Waals surface area contributed by atoms with Crippen molar-refractivity contribution in [2.24, 2.45) is 0 Å². The van der Waals surface area contributed by atoms with E-state index in [9.17, 15) is 14.4 Å². The molecule has 1 aliphatic heterocycles. The average Bonchev–Trinajstić information content (AvgIpc) is 2.87. The first-order chi connectivity index (χ1) is 11.1. The lowest BCUT2D eigenvalue weighted by Gasteiger charge is -2.19. The highest BCUT2D eigenvalue weighted by molar-refractivity contribution is 6.01. The number of imide groups is 1. The smallest absolute Gasteiger partial charge is 0.330 e. The van der Waals surface area contributed by atoms with Gasteiger partial charge in [0.05, 0.1) is 5.92 Å². The number of carbonyl (C=O) groups excluding carboxylic acids is 3. The summed E-state index contributed by atoms with van der Waals surface area (Å²) < 4.78 is 0. The lowest BCUT2D eigenvalue weighted by molar-refractivity contribution is -0.198. The Balaban J connectivity index is 2.06. The Hall–Kier alpha value is -2.61. The number of hydrogen-bond donors (Lipinski definition) is 0. The van der Waals surface area contributed by atoms with Crippen molar-refractivity contribution in [1.29, 1.82) is 0 Å². The zero-order valence-electron chi connectivity index (χ0n) is 12.9. The Morgan fingerprint density at radius 1 is 1.17 bits per heavy atom. The van der Waals surface area contributed by atoms with E-state index < -0.39 is 23.7 Å². The van der Waals surface area contributed by atoms with Crippen LogP contribution in [0.15, 0.2) is 30.3 Å². The maximum absolute atomic E-state index is 12.4. The molecule has 0 saturated carbocycles. The van der Waals surface area contributed by atoms with E-state index in [1.807, 2.05) is 30.3 Å². The van der Waals surface area contributed by atoms with E-state index in [1.165, 1.54) is 0 Å². The summed E-state index contributed by atoms with van der Waals surface area (Å²) in [5.74, 6) is 0.526. The number of terminal acetylenes is 1. The number of benzene rings is 1. The van der Waals surface area contributed by atoms with Gasteiger partial charge in [0.2, 0.25) is 0 Å². The molecule has 1 fully saturated rings. The predicted octanol–water partition coefficient (Wildman–Crippen LogP) is 2.57. The van der Waals surface area contributed by atoms with Gasteiger partial charge in [-0.1, -0.05) is 36.8 Å². The van der Waals surface area contributed by atoms with E-state index >= 15 is 0 Å². The molecule has 1 unspecified atom stereocenters. The number of carbonyl (C=O) groups is 3. The summed E-state index contributed by atoms with van der Waals surface area (Å²) in [5.41, 5.74) is 0.803. The number of unbranched alkanes of at least 4 members (excludes halogenated alkanes) is 2. The highest BCUT2D eigenvalue weighted by Gasteiger charge is 2.35. The molecule has 1 aromatic rings. The van der Waals surface area contributed by atoms with Crippen LogP contribution in [0.4, 0.5) is 0 Å². The molecule has 23 heavy (non-hydrogen) atoms. The van der Waals surface area contributed by atoms with Gasteiger partial charge in [-0.2, -0.15) is 0 Å². The van der Waals surface area contributed by atoms with Gasteiger partial charge in [-0.05, 0) is 18.4 Å². The minimum atomic E-state index is -0.583. The largest absolute Gasteiger partial charge is 0.340 e. The standard InChI is InChI=1S/C18H19NO4/c1-2-3-4-8-11-15(14-9-6-5-7-10-14)18(22)23-19-16(20)12-13-17(19)21/h1,5-7,9-10,15H,3-4,8,11-13H2. The second-order valence-electron chi connectivity index (χ2n) is 5.41. The van der Waals surface area contributed by atoms with Gasteiger partial charge in [0.25, 0.3) is 11.8 Å². The molecule has 1 heterocycles. The minimum absolute atomic E-state index is 0.0876. The van der Waals surface area contributed by atoms with Gasteiger partial charge in [-0.3, -0.25) is 9.59 Å². The lowest BCUT2D eigenvalue weighted by Crippen LogP contribution is -2.34. The van der Waals surface area contributed by atoms with E-state index in [1.54, 1.807) is 0 Å². The molecular weight excluding hydrogens is 294 g/mol. The molecule has 5 nitrogen and oxygen atoms in total. The molecule has 2 amide bonds. The summed E-state index contributed by atoms with van der Waals surface area (Å²) in [7, 11) is 0. The topological polar surface area (TPSA) is 63.7 Å². The molecule has 120 valence electrons. The molecule has 2 rings (SSSR count). The molecule has 1 saturated heterocycles. The third-order valence-corrected chi connectivity index (χ3v) is 3.74. The number of amides is 2. The summed E-state index contributed by atoms with van der Waals surface area (Å²) in [6.45, 7) is 0. The van der Waals surface area contributed by atoms with E-state index in [0.29, 0.717) is 17.9 Å². The van der Waals surface area contributed by atoms with Crippen LogP contribution in [0.5, 0.6) is 0 Å². The molecule has 0 aliphatic carbocycles. The monoisotopic (exact) mass is 313 g/mol. The van der Waals surface area contributed by atoms with Crippen LogP contribution < -0.4 is 0 Å². The fourth-order valence-corrected chi connectivity index (χ4v) is 2.49. The molecular formula is C18H19NO4. The van der Waals surface area contributed by atoms with Crippen LogP contribution in [0.1, 0.15) is 50.0 Å². The zero-order chi connectivity index (χ0) is 16.7. The van der Waals surface area contributed by atoms with Crippen molar-refractivity contribution in [3.05, 3.63) is 35.9 Å². The van der Waals surface area contributed by atoms with E-state index in [0.717, 1.165) is 18.4 Å². The highest BCUT2D eigenvalue weighted by atomic mass is 16.7. The number of nitrogens with zero attached hydrogens (tertiary/aromatic N) is 1. The third-order valence-electron chi connectivity index (χ3n) is 3.74. The van der Waals surface area contributed by atoms with Crippen molar-refractivity contribution in [2.45, 2.75) is 44.4 Å². The summed E-state index contributed by atoms with van der Waals surface area (Å²) >= 11 is 0. The first-order valence-corrected chi connectivity index (χ1v) is 7.69. The van der Waals surface area contributed by atoms with Gasteiger partial charge in [-0.25, -0.2) is 4.79 Å². The Morgan fingerprint density at radius 3 is 2.43 bits per heavy atom. The minimum Gasteiger partial charge on any atom is -0.330 e. The summed E-state index contributed by atoms with van der Waals surface area (Å²) in [5, 5.41) is 0.597. The van der Waals surface area contributed by atoms with Crippen molar-refractivity contribution in [3.63, 3.8) is 0 Å². The SMILES string of the molecule is C#CCCCCC(C(=O)ON1C(=O)CCC1=O)c1ccccc1. The number of hydroxylamine groups is 2. The van der Waals surface area contributed by atoms with Gasteiger partial charge in [0.15, 0.2) is 0 Å². The third kappa shape index (κ3) is 4.43. The molecule has 0 aromatic heterocycles. The molecule has 1 aliphatic rings. The van der Waals surface area contributed by atoms with Crippen LogP contribution >= 0.6 is 0 Å². The summed E-state index contributed by atoms with van der Waals surface area (Å²) in [4.78, 5) is 40.7. The summed E-state index contributed by atoms with van der Waals surface area (Å²) in [6.07, 6.45) is 8.20. The Morgan fingerprint density at radius 2 is 1.83 bits per heavy atom. The van der Waals surface area contributed by atoms with Gasteiger partial charge in [0, 0.05) is 19.3 Å². The van der Waals surface area contributed by atoms with Crippen LogP contribution in [0.3, 0.4) is 0 Å². The average molecular weight is 313 g/mol. The Labute approximate surface area is 135 Å². The summed E-state index contributed by atoms with van der Waals surface area (Å²) in [6, 6.07) is 9.20. The van der Waals surface area contributed by atoms with E-state index in [2.05, 4.69) is 5.92 Å². The van der Waals surface area contributed by atoms with Crippen LogP contribution in [-0.4, -0.2) is 22.8 Å². The Kier molecular flexibility index (Phi) is 5.93. The molecule has 1 aromatic carbocycles. The Bertz CT molecular complexity index is 602. The van der Waals surface area contributed by atoms with Crippen LogP contribution in [0.25, 0.3) is 0 Å². The first kappa shape index (κ1) is 16.8. The van der Waals surface area contributed by atoms with Crippen LogP contribution in [-0.2, 0) is 19.2 Å². The van der Waals surface area contributed by atoms with Gasteiger partial charge >= 0.3 is 5.97 Å². The predicted molar refractivity (Wildman–Crippen MR) is 83.7 cm³/mol. The number of hydrogen-bond acceptors (Lipinski definition) is 4. The van der Waals surface area contributed by atoms with E-state index in [-0.39, 0.29) is 12.8 Å². The maximum atomic E-state index is 12.4. The van der Waals surface area contributed by atoms with Gasteiger partial charge in [-0.15, -0.1) is 17.4 Å². The highest BCUT2D eigenvalue weighted by Crippen LogP contribution is 2.25. The van der Waals surface area contributed by atoms with Crippen molar-refractivity contribution in [1.82, 2.24) is 5.06 Å². The first-order valence-electron chi connectivity index (χ1n) is 7.69.